The molecule has 1 atom stereocenters. The molecule has 0 aliphatic rings. The molecule has 0 aliphatic carbocycles. The van der Waals surface area contributed by atoms with Gasteiger partial charge in [0, 0.05) is 16.5 Å². The first-order chi connectivity index (χ1) is 9.20. The van der Waals surface area contributed by atoms with E-state index in [0.717, 1.165) is 10.0 Å². The van der Waals surface area contributed by atoms with Crippen LogP contribution in [0.1, 0.15) is 28.3 Å². The molecule has 0 spiro atoms. The fourth-order valence-corrected chi connectivity index (χ4v) is 2.12. The summed E-state index contributed by atoms with van der Waals surface area (Å²) in [5.41, 5.74) is 1.52. The third-order valence-electron chi connectivity index (χ3n) is 2.91. The Morgan fingerprint density at radius 2 is 1.74 bits per heavy atom. The zero-order chi connectivity index (χ0) is 13.7. The lowest BCUT2D eigenvalue weighted by Crippen LogP contribution is -2.06. The van der Waals surface area contributed by atoms with Gasteiger partial charge in [0.1, 0.15) is 0 Å². The molecule has 0 N–H and O–H groups in total. The molecule has 0 saturated carbocycles. The van der Waals surface area contributed by atoms with Crippen molar-refractivity contribution in [2.45, 2.75) is 12.3 Å². The Bertz CT molecular complexity index is 599. The van der Waals surface area contributed by atoms with E-state index in [1.807, 2.05) is 42.5 Å². The standard InChI is InChI=1S/C16H12BrNO/c17-15-8-6-12(7-9-15)14(11-18)10-16(19)13-4-2-1-3-5-13/h1-9,14H,10H2/t14-/m0/s1. The summed E-state index contributed by atoms with van der Waals surface area (Å²) in [7, 11) is 0. The number of nitrogens with zero attached hydrogens (tertiary/aromatic N) is 1. The minimum Gasteiger partial charge on any atom is -0.294 e. The summed E-state index contributed by atoms with van der Waals surface area (Å²) in [5, 5.41) is 9.23. The Morgan fingerprint density at radius 3 is 2.32 bits per heavy atom. The van der Waals surface area contributed by atoms with Crippen molar-refractivity contribution in [1.29, 1.82) is 5.26 Å². The number of hydrogen-bond donors (Lipinski definition) is 0. The number of carbonyl (C=O) groups is 1. The van der Waals surface area contributed by atoms with Crippen molar-refractivity contribution < 1.29 is 4.79 Å². The van der Waals surface area contributed by atoms with Crippen LogP contribution in [0, 0.1) is 11.3 Å². The van der Waals surface area contributed by atoms with E-state index in [-0.39, 0.29) is 12.2 Å². The lowest BCUT2D eigenvalue weighted by Gasteiger charge is -2.08. The van der Waals surface area contributed by atoms with E-state index in [2.05, 4.69) is 22.0 Å². The highest BCUT2D eigenvalue weighted by Crippen LogP contribution is 2.23. The van der Waals surface area contributed by atoms with Crippen molar-refractivity contribution in [2.75, 3.05) is 0 Å². The average molecular weight is 314 g/mol. The van der Waals surface area contributed by atoms with Crippen LogP contribution in [0.2, 0.25) is 0 Å². The van der Waals surface area contributed by atoms with E-state index in [4.69, 9.17) is 0 Å². The quantitative estimate of drug-likeness (QED) is 0.788. The average Bonchev–Trinajstić information content (AvgIpc) is 2.46. The molecule has 0 saturated heterocycles. The third-order valence-corrected chi connectivity index (χ3v) is 3.44. The number of nitriles is 1. The van der Waals surface area contributed by atoms with Gasteiger partial charge >= 0.3 is 0 Å². The van der Waals surface area contributed by atoms with Crippen molar-refractivity contribution in [3.63, 3.8) is 0 Å². The minimum atomic E-state index is -0.402. The van der Waals surface area contributed by atoms with Crippen molar-refractivity contribution in [3.05, 3.63) is 70.2 Å². The summed E-state index contributed by atoms with van der Waals surface area (Å²) in [4.78, 5) is 12.1. The molecule has 0 aromatic heterocycles. The molecule has 2 aromatic rings. The van der Waals surface area contributed by atoms with Crippen molar-refractivity contribution in [2.24, 2.45) is 0 Å². The fraction of sp³-hybridized carbons (Fsp3) is 0.125. The highest BCUT2D eigenvalue weighted by molar-refractivity contribution is 9.10. The summed E-state index contributed by atoms with van der Waals surface area (Å²) in [6, 6.07) is 18.8. The van der Waals surface area contributed by atoms with Gasteiger partial charge in [-0.3, -0.25) is 4.79 Å². The van der Waals surface area contributed by atoms with Gasteiger partial charge in [-0.05, 0) is 17.7 Å². The second kappa shape index (κ2) is 6.31. The molecule has 0 amide bonds. The monoisotopic (exact) mass is 313 g/mol. The molecule has 0 radical (unpaired) electrons. The smallest absolute Gasteiger partial charge is 0.164 e. The van der Waals surface area contributed by atoms with E-state index in [0.29, 0.717) is 5.56 Å². The Morgan fingerprint density at radius 1 is 1.11 bits per heavy atom. The van der Waals surface area contributed by atoms with E-state index in [1.165, 1.54) is 0 Å². The summed E-state index contributed by atoms with van der Waals surface area (Å²) >= 11 is 3.35. The highest BCUT2D eigenvalue weighted by atomic mass is 79.9. The SMILES string of the molecule is N#C[C@H](CC(=O)c1ccccc1)c1ccc(Br)cc1. The fourth-order valence-electron chi connectivity index (χ4n) is 1.86. The zero-order valence-corrected chi connectivity index (χ0v) is 11.8. The first-order valence-corrected chi connectivity index (χ1v) is 6.73. The topological polar surface area (TPSA) is 40.9 Å². The summed E-state index contributed by atoms with van der Waals surface area (Å²) in [5.74, 6) is -0.407. The van der Waals surface area contributed by atoms with Gasteiger partial charge in [-0.2, -0.15) is 5.26 Å². The van der Waals surface area contributed by atoms with Gasteiger partial charge in [-0.15, -0.1) is 0 Å². The van der Waals surface area contributed by atoms with Gasteiger partial charge in [0.15, 0.2) is 5.78 Å². The number of halogens is 1. The Labute approximate surface area is 120 Å². The molecule has 0 aliphatic heterocycles. The lowest BCUT2D eigenvalue weighted by atomic mass is 9.93. The molecule has 3 heteroatoms. The maximum atomic E-state index is 12.1. The number of benzene rings is 2. The maximum Gasteiger partial charge on any atom is 0.164 e. The van der Waals surface area contributed by atoms with Crippen LogP contribution in [-0.2, 0) is 0 Å². The van der Waals surface area contributed by atoms with Crippen LogP contribution >= 0.6 is 15.9 Å². The van der Waals surface area contributed by atoms with Crippen molar-refractivity contribution >= 4 is 21.7 Å². The Hall–Kier alpha value is -1.92. The highest BCUT2D eigenvalue weighted by Gasteiger charge is 2.16. The van der Waals surface area contributed by atoms with Crippen LogP contribution in [0.5, 0.6) is 0 Å². The molecule has 0 heterocycles. The molecular weight excluding hydrogens is 302 g/mol. The van der Waals surface area contributed by atoms with Crippen LogP contribution in [0.4, 0.5) is 0 Å². The number of ketones is 1. The van der Waals surface area contributed by atoms with Crippen LogP contribution in [0.15, 0.2) is 59.1 Å². The molecule has 2 rings (SSSR count). The minimum absolute atomic E-state index is 0.00457. The second-order valence-electron chi connectivity index (χ2n) is 4.23. The molecular formula is C16H12BrNO. The summed E-state index contributed by atoms with van der Waals surface area (Å²) in [6.45, 7) is 0. The van der Waals surface area contributed by atoms with Gasteiger partial charge in [0.2, 0.25) is 0 Å². The molecule has 0 unspecified atom stereocenters. The van der Waals surface area contributed by atoms with Crippen LogP contribution in [-0.4, -0.2) is 5.78 Å². The van der Waals surface area contributed by atoms with Crippen molar-refractivity contribution in [3.8, 4) is 6.07 Å². The predicted octanol–water partition coefficient (Wildman–Crippen LogP) is 4.33. The van der Waals surface area contributed by atoms with E-state index < -0.39 is 5.92 Å². The van der Waals surface area contributed by atoms with Gasteiger partial charge in [-0.25, -0.2) is 0 Å². The molecule has 94 valence electrons. The van der Waals surface area contributed by atoms with E-state index in [1.54, 1.807) is 12.1 Å². The van der Waals surface area contributed by atoms with Gasteiger partial charge < -0.3 is 0 Å². The first kappa shape index (κ1) is 13.5. The zero-order valence-electron chi connectivity index (χ0n) is 10.2. The maximum absolute atomic E-state index is 12.1. The molecule has 0 fully saturated rings. The molecule has 2 aromatic carbocycles. The normalized spacial score (nSPS) is 11.6. The van der Waals surface area contributed by atoms with Crippen molar-refractivity contribution in [1.82, 2.24) is 0 Å². The van der Waals surface area contributed by atoms with Gasteiger partial charge in [-0.1, -0.05) is 58.4 Å². The first-order valence-electron chi connectivity index (χ1n) is 5.94. The largest absolute Gasteiger partial charge is 0.294 e. The Balaban J connectivity index is 2.14. The van der Waals surface area contributed by atoms with Crippen LogP contribution in [0.3, 0.4) is 0 Å². The van der Waals surface area contributed by atoms with Gasteiger partial charge in [0.25, 0.3) is 0 Å². The molecule has 2 nitrogen and oxygen atoms in total. The Kier molecular flexibility index (Phi) is 4.48. The van der Waals surface area contributed by atoms with Gasteiger partial charge in [0.05, 0.1) is 12.0 Å². The second-order valence-corrected chi connectivity index (χ2v) is 5.14. The van der Waals surface area contributed by atoms with E-state index >= 15 is 0 Å². The van der Waals surface area contributed by atoms with Crippen LogP contribution < -0.4 is 0 Å². The lowest BCUT2D eigenvalue weighted by molar-refractivity contribution is 0.0979. The third kappa shape index (κ3) is 3.52. The number of carbonyl (C=O) groups excluding carboxylic acids is 1. The molecule has 19 heavy (non-hydrogen) atoms. The predicted molar refractivity (Wildman–Crippen MR) is 77.9 cm³/mol. The van der Waals surface area contributed by atoms with E-state index in [9.17, 15) is 10.1 Å². The number of Topliss-reactive ketones (excluding diaryl/α,β-unsaturated/α-hetero) is 1. The van der Waals surface area contributed by atoms with Crippen LogP contribution in [0.25, 0.3) is 0 Å². The molecule has 0 bridgehead atoms. The number of rotatable bonds is 4. The number of hydrogen-bond acceptors (Lipinski definition) is 2. The summed E-state index contributed by atoms with van der Waals surface area (Å²) in [6.07, 6.45) is 0.210. The summed E-state index contributed by atoms with van der Waals surface area (Å²) < 4.78 is 0.960.